The fourth-order valence-corrected chi connectivity index (χ4v) is 3.24. The molecular formula is C19H33IN4O3. The number of guanidine groups is 1. The minimum absolute atomic E-state index is 0. The summed E-state index contributed by atoms with van der Waals surface area (Å²) in [4.78, 5) is 17.8. The highest BCUT2D eigenvalue weighted by atomic mass is 127. The van der Waals surface area contributed by atoms with Crippen molar-refractivity contribution in [2.45, 2.75) is 44.6 Å². The number of carbonyl (C=O) groups is 1. The van der Waals surface area contributed by atoms with Crippen molar-refractivity contribution in [2.75, 3.05) is 40.3 Å². The highest BCUT2D eigenvalue weighted by Gasteiger charge is 2.25. The lowest BCUT2D eigenvalue weighted by Gasteiger charge is -2.26. The van der Waals surface area contributed by atoms with Gasteiger partial charge in [-0.2, -0.15) is 0 Å². The molecule has 27 heavy (non-hydrogen) atoms. The van der Waals surface area contributed by atoms with Gasteiger partial charge in [0, 0.05) is 26.6 Å². The second-order valence-corrected chi connectivity index (χ2v) is 6.54. The number of methoxy groups -OCH3 is 1. The van der Waals surface area contributed by atoms with E-state index in [4.69, 9.17) is 4.42 Å². The van der Waals surface area contributed by atoms with Gasteiger partial charge in [0.15, 0.2) is 5.96 Å². The molecule has 1 aromatic heterocycles. The van der Waals surface area contributed by atoms with Crippen molar-refractivity contribution < 1.29 is 13.9 Å². The molecule has 1 aromatic rings. The smallest absolute Gasteiger partial charge is 0.305 e. The Bertz CT molecular complexity index is 545. The molecule has 0 bridgehead atoms. The molecule has 0 aromatic carbocycles. The molecule has 154 valence electrons. The van der Waals surface area contributed by atoms with Crippen molar-refractivity contribution in [3.05, 3.63) is 24.2 Å². The zero-order chi connectivity index (χ0) is 18.6. The molecular weight excluding hydrogens is 459 g/mol. The lowest BCUT2D eigenvalue weighted by atomic mass is 10.2. The van der Waals surface area contributed by atoms with E-state index in [1.165, 1.54) is 20.0 Å². The summed E-state index contributed by atoms with van der Waals surface area (Å²) < 4.78 is 10.3. The Balaban J connectivity index is 0.00000364. The van der Waals surface area contributed by atoms with Gasteiger partial charge in [-0.3, -0.25) is 14.7 Å². The molecule has 0 spiro atoms. The minimum Gasteiger partial charge on any atom is -0.469 e. The number of aliphatic imine (C=N–C) groups is 1. The average molecular weight is 492 g/mol. The minimum atomic E-state index is -0.138. The Hall–Kier alpha value is -1.29. The molecule has 1 saturated heterocycles. The maximum absolute atomic E-state index is 11.1. The topological polar surface area (TPSA) is 79.1 Å². The molecule has 1 fully saturated rings. The number of ether oxygens (including phenoxy) is 1. The SMILES string of the molecule is CN=C(NCCCCCC(=O)OC)NCC(c1ccco1)N1CCCC1.I. The molecule has 0 radical (unpaired) electrons. The third-order valence-electron chi connectivity index (χ3n) is 4.72. The van der Waals surface area contributed by atoms with Crippen LogP contribution in [-0.4, -0.2) is 57.2 Å². The van der Waals surface area contributed by atoms with Crippen LogP contribution in [0.5, 0.6) is 0 Å². The highest BCUT2D eigenvalue weighted by molar-refractivity contribution is 14.0. The standard InChI is InChI=1S/C19H32N4O3.HI/c1-20-19(21-11-5-3-4-10-18(24)25-2)22-15-16(17-9-8-14-26-17)23-12-6-7-13-23;/h8-9,14,16H,3-7,10-13,15H2,1-2H3,(H2,20,21,22);1H. The molecule has 2 rings (SSSR count). The summed E-state index contributed by atoms with van der Waals surface area (Å²) in [5, 5.41) is 6.75. The van der Waals surface area contributed by atoms with Gasteiger partial charge in [-0.25, -0.2) is 0 Å². The third-order valence-corrected chi connectivity index (χ3v) is 4.72. The molecule has 0 aliphatic carbocycles. The first-order valence-corrected chi connectivity index (χ1v) is 9.53. The Morgan fingerprint density at radius 3 is 2.70 bits per heavy atom. The van der Waals surface area contributed by atoms with E-state index in [0.717, 1.165) is 57.2 Å². The van der Waals surface area contributed by atoms with Gasteiger partial charge in [-0.15, -0.1) is 24.0 Å². The highest BCUT2D eigenvalue weighted by Crippen LogP contribution is 2.24. The quantitative estimate of drug-likeness (QED) is 0.172. The number of nitrogens with zero attached hydrogens (tertiary/aromatic N) is 2. The van der Waals surface area contributed by atoms with Crippen molar-refractivity contribution in [1.82, 2.24) is 15.5 Å². The van der Waals surface area contributed by atoms with Crippen molar-refractivity contribution in [3.8, 4) is 0 Å². The predicted octanol–water partition coefficient (Wildman–Crippen LogP) is 2.93. The van der Waals surface area contributed by atoms with E-state index in [-0.39, 0.29) is 36.0 Å². The number of hydrogen-bond acceptors (Lipinski definition) is 5. The zero-order valence-electron chi connectivity index (χ0n) is 16.4. The Morgan fingerprint density at radius 2 is 2.07 bits per heavy atom. The van der Waals surface area contributed by atoms with E-state index in [9.17, 15) is 4.79 Å². The van der Waals surface area contributed by atoms with Crippen LogP contribution in [0.25, 0.3) is 0 Å². The van der Waals surface area contributed by atoms with Crippen molar-refractivity contribution in [3.63, 3.8) is 0 Å². The van der Waals surface area contributed by atoms with Crippen molar-refractivity contribution in [2.24, 2.45) is 4.99 Å². The molecule has 2 heterocycles. The van der Waals surface area contributed by atoms with Gasteiger partial charge in [-0.05, 0) is 50.9 Å². The number of likely N-dealkylation sites (tertiary alicyclic amines) is 1. The molecule has 1 unspecified atom stereocenters. The lowest BCUT2D eigenvalue weighted by molar-refractivity contribution is -0.140. The van der Waals surface area contributed by atoms with Gasteiger partial charge < -0.3 is 19.8 Å². The van der Waals surface area contributed by atoms with Crippen LogP contribution in [0.1, 0.15) is 50.3 Å². The van der Waals surface area contributed by atoms with Crippen LogP contribution >= 0.6 is 24.0 Å². The molecule has 1 atom stereocenters. The van der Waals surface area contributed by atoms with E-state index in [1.54, 1.807) is 13.3 Å². The number of nitrogens with one attached hydrogen (secondary N) is 2. The summed E-state index contributed by atoms with van der Waals surface area (Å²) in [6, 6.07) is 4.22. The number of hydrogen-bond donors (Lipinski definition) is 2. The molecule has 8 heteroatoms. The lowest BCUT2D eigenvalue weighted by Crippen LogP contribution is -2.42. The molecule has 1 aliphatic rings. The fourth-order valence-electron chi connectivity index (χ4n) is 3.24. The first-order chi connectivity index (χ1) is 12.7. The molecule has 7 nitrogen and oxygen atoms in total. The molecule has 1 aliphatic heterocycles. The van der Waals surface area contributed by atoms with Gasteiger partial charge in [-0.1, -0.05) is 6.42 Å². The molecule has 0 amide bonds. The number of halogens is 1. The zero-order valence-corrected chi connectivity index (χ0v) is 18.7. The monoisotopic (exact) mass is 492 g/mol. The predicted molar refractivity (Wildman–Crippen MR) is 118 cm³/mol. The summed E-state index contributed by atoms with van der Waals surface area (Å²) in [6.45, 7) is 3.81. The summed E-state index contributed by atoms with van der Waals surface area (Å²) in [5.74, 6) is 1.66. The number of furan rings is 1. The maximum Gasteiger partial charge on any atom is 0.305 e. The first kappa shape index (κ1) is 23.7. The van der Waals surface area contributed by atoms with Gasteiger partial charge in [0.05, 0.1) is 19.4 Å². The Labute approximate surface area is 179 Å². The summed E-state index contributed by atoms with van der Waals surface area (Å²) in [5.41, 5.74) is 0. The van der Waals surface area contributed by atoms with Crippen LogP contribution < -0.4 is 10.6 Å². The molecule has 2 N–H and O–H groups in total. The Kier molecular flexibility index (Phi) is 12.2. The van der Waals surface area contributed by atoms with Gasteiger partial charge in [0.2, 0.25) is 0 Å². The summed E-state index contributed by atoms with van der Waals surface area (Å²) >= 11 is 0. The number of rotatable bonds is 10. The number of esters is 1. The van der Waals surface area contributed by atoms with Crippen molar-refractivity contribution in [1.29, 1.82) is 0 Å². The van der Waals surface area contributed by atoms with Gasteiger partial charge >= 0.3 is 5.97 Å². The van der Waals surface area contributed by atoms with Crippen LogP contribution in [0.2, 0.25) is 0 Å². The Morgan fingerprint density at radius 1 is 1.30 bits per heavy atom. The maximum atomic E-state index is 11.1. The normalized spacial score (nSPS) is 15.9. The van der Waals surface area contributed by atoms with Crippen LogP contribution in [0.4, 0.5) is 0 Å². The fraction of sp³-hybridized carbons (Fsp3) is 0.684. The summed E-state index contributed by atoms with van der Waals surface area (Å²) in [6.07, 6.45) is 7.55. The van der Waals surface area contributed by atoms with Crippen molar-refractivity contribution >= 4 is 35.9 Å². The van der Waals surface area contributed by atoms with E-state index in [0.29, 0.717) is 6.42 Å². The van der Waals surface area contributed by atoms with Crippen LogP contribution in [0.15, 0.2) is 27.8 Å². The van der Waals surface area contributed by atoms with Crippen LogP contribution in [0, 0.1) is 0 Å². The van der Waals surface area contributed by atoms with E-state index < -0.39 is 0 Å². The second-order valence-electron chi connectivity index (χ2n) is 6.54. The van der Waals surface area contributed by atoms with Gasteiger partial charge in [0.1, 0.15) is 5.76 Å². The largest absolute Gasteiger partial charge is 0.469 e. The second kappa shape index (κ2) is 13.8. The van der Waals surface area contributed by atoms with E-state index in [2.05, 4.69) is 25.3 Å². The first-order valence-electron chi connectivity index (χ1n) is 9.53. The summed E-state index contributed by atoms with van der Waals surface area (Å²) in [7, 11) is 3.21. The molecule has 0 saturated carbocycles. The van der Waals surface area contributed by atoms with E-state index >= 15 is 0 Å². The van der Waals surface area contributed by atoms with E-state index in [1.807, 2.05) is 12.1 Å². The third kappa shape index (κ3) is 8.50. The van der Waals surface area contributed by atoms with Crippen LogP contribution in [-0.2, 0) is 9.53 Å². The van der Waals surface area contributed by atoms with Gasteiger partial charge in [0.25, 0.3) is 0 Å². The number of carbonyl (C=O) groups excluding carboxylic acids is 1. The van der Waals surface area contributed by atoms with Crippen LogP contribution in [0.3, 0.4) is 0 Å². The average Bonchev–Trinajstić information content (AvgIpc) is 3.37. The number of unbranched alkanes of at least 4 members (excludes halogenated alkanes) is 2.